The number of ether oxygens (including phenoxy) is 3. The quantitative estimate of drug-likeness (QED) is 0.189. The molecule has 0 saturated carbocycles. The van der Waals surface area contributed by atoms with E-state index in [1.165, 1.54) is 43.7 Å². The van der Waals surface area contributed by atoms with Crippen LogP contribution in [0, 0.1) is 11.7 Å². The van der Waals surface area contributed by atoms with Crippen molar-refractivity contribution in [2.75, 3.05) is 13.2 Å². The number of rotatable bonds is 12. The van der Waals surface area contributed by atoms with Gasteiger partial charge in [-0.15, -0.1) is 0 Å². The van der Waals surface area contributed by atoms with Gasteiger partial charge in [-0.2, -0.15) is 0 Å². The number of aryl methyl sites for hydroxylation is 1. The van der Waals surface area contributed by atoms with Crippen LogP contribution in [0.3, 0.4) is 0 Å². The third-order valence-corrected chi connectivity index (χ3v) is 6.13. The van der Waals surface area contributed by atoms with E-state index in [-0.39, 0.29) is 5.56 Å². The monoisotopic (exact) mass is 456 g/mol. The topological polar surface area (TPSA) is 44.8 Å². The normalized spacial score (nSPS) is 18.3. The predicted molar refractivity (Wildman–Crippen MR) is 128 cm³/mol. The summed E-state index contributed by atoms with van der Waals surface area (Å²) in [6, 6.07) is 11.9. The molecule has 0 atom stereocenters. The molecular formula is C28H37FO4. The number of esters is 1. The fraction of sp³-hybridized carbons (Fsp3) is 0.536. The lowest BCUT2D eigenvalue weighted by molar-refractivity contribution is -0.207. The number of carbonyl (C=O) groups excluding carboxylic acids is 1. The van der Waals surface area contributed by atoms with Crippen LogP contribution in [0.4, 0.5) is 4.39 Å². The van der Waals surface area contributed by atoms with Crippen molar-refractivity contribution in [2.24, 2.45) is 5.92 Å². The van der Waals surface area contributed by atoms with Gasteiger partial charge in [0.1, 0.15) is 11.6 Å². The lowest BCUT2D eigenvalue weighted by Crippen LogP contribution is -2.27. The summed E-state index contributed by atoms with van der Waals surface area (Å²) in [5.74, 6) is -0.306. The van der Waals surface area contributed by atoms with Crippen LogP contribution in [-0.4, -0.2) is 19.2 Å². The largest absolute Gasteiger partial charge is 0.423 e. The molecular weight excluding hydrogens is 419 g/mol. The third kappa shape index (κ3) is 7.94. The molecule has 4 nitrogen and oxygen atoms in total. The van der Waals surface area contributed by atoms with Crippen LogP contribution in [0.25, 0.3) is 0 Å². The Kier molecular flexibility index (Phi) is 10.4. The van der Waals surface area contributed by atoms with Gasteiger partial charge in [0.25, 0.3) is 0 Å². The molecule has 0 radical (unpaired) electrons. The Morgan fingerprint density at radius 3 is 2.30 bits per heavy atom. The molecule has 180 valence electrons. The lowest BCUT2D eigenvalue weighted by Gasteiger charge is -2.29. The molecule has 0 unspecified atom stereocenters. The van der Waals surface area contributed by atoms with Crippen LogP contribution < -0.4 is 4.74 Å². The van der Waals surface area contributed by atoms with Crippen molar-refractivity contribution in [1.82, 2.24) is 0 Å². The molecule has 0 aliphatic carbocycles. The molecule has 0 spiro atoms. The second-order valence-electron chi connectivity index (χ2n) is 8.94. The van der Waals surface area contributed by atoms with Crippen molar-refractivity contribution in [2.45, 2.75) is 77.9 Å². The maximum atomic E-state index is 14.7. The zero-order valence-corrected chi connectivity index (χ0v) is 20.0. The first-order chi connectivity index (χ1) is 16.1. The molecule has 1 aliphatic rings. The SMILES string of the molecule is CCCCCCCc1ccc(OC(=O)c2ccc(C3OCC(CCCC)CO3)c(F)c2)cc1. The van der Waals surface area contributed by atoms with Crippen LogP contribution in [-0.2, 0) is 15.9 Å². The molecule has 2 aromatic rings. The Morgan fingerprint density at radius 2 is 1.64 bits per heavy atom. The molecule has 0 bridgehead atoms. The Balaban J connectivity index is 1.50. The molecule has 0 amide bonds. The average Bonchev–Trinajstić information content (AvgIpc) is 2.84. The highest BCUT2D eigenvalue weighted by Gasteiger charge is 2.26. The highest BCUT2D eigenvalue weighted by Crippen LogP contribution is 2.29. The van der Waals surface area contributed by atoms with Gasteiger partial charge < -0.3 is 14.2 Å². The van der Waals surface area contributed by atoms with E-state index in [2.05, 4.69) is 13.8 Å². The van der Waals surface area contributed by atoms with Gasteiger partial charge in [-0.3, -0.25) is 0 Å². The van der Waals surface area contributed by atoms with Gasteiger partial charge in [0, 0.05) is 11.5 Å². The second-order valence-corrected chi connectivity index (χ2v) is 8.94. The van der Waals surface area contributed by atoms with Crippen molar-refractivity contribution in [1.29, 1.82) is 0 Å². The molecule has 1 heterocycles. The highest BCUT2D eigenvalue weighted by atomic mass is 19.1. The number of hydrogen-bond acceptors (Lipinski definition) is 4. The van der Waals surface area contributed by atoms with E-state index in [1.54, 1.807) is 24.3 Å². The summed E-state index contributed by atoms with van der Waals surface area (Å²) in [4.78, 5) is 12.5. The standard InChI is InChI=1S/C28H37FO4/c1-3-5-7-8-9-11-21-12-15-24(16-13-21)33-27(30)23-14-17-25(26(29)18-23)28-31-19-22(20-32-28)10-6-4-2/h12-18,22,28H,3-11,19-20H2,1-2H3. The number of halogens is 1. The third-order valence-electron chi connectivity index (χ3n) is 6.13. The molecule has 1 aliphatic heterocycles. The van der Waals surface area contributed by atoms with E-state index >= 15 is 0 Å². The summed E-state index contributed by atoms with van der Waals surface area (Å²) < 4.78 is 31.6. The molecule has 33 heavy (non-hydrogen) atoms. The molecule has 0 N–H and O–H groups in total. The van der Waals surface area contributed by atoms with Crippen LogP contribution in [0.5, 0.6) is 5.75 Å². The molecule has 5 heteroatoms. The smallest absolute Gasteiger partial charge is 0.343 e. The number of unbranched alkanes of at least 4 members (excludes halogenated alkanes) is 5. The van der Waals surface area contributed by atoms with Crippen molar-refractivity contribution in [3.63, 3.8) is 0 Å². The van der Waals surface area contributed by atoms with Crippen molar-refractivity contribution >= 4 is 5.97 Å². The van der Waals surface area contributed by atoms with Gasteiger partial charge in [-0.05, 0) is 49.1 Å². The minimum atomic E-state index is -0.734. The van der Waals surface area contributed by atoms with Gasteiger partial charge >= 0.3 is 5.97 Å². The van der Waals surface area contributed by atoms with Gasteiger partial charge in [0.15, 0.2) is 6.29 Å². The Labute approximate surface area is 197 Å². The van der Waals surface area contributed by atoms with E-state index in [0.717, 1.165) is 25.7 Å². The zero-order valence-electron chi connectivity index (χ0n) is 20.0. The van der Waals surface area contributed by atoms with Crippen LogP contribution in [0.1, 0.15) is 93.0 Å². The van der Waals surface area contributed by atoms with Gasteiger partial charge in [-0.1, -0.05) is 70.6 Å². The molecule has 1 fully saturated rings. The van der Waals surface area contributed by atoms with E-state index in [9.17, 15) is 9.18 Å². The fourth-order valence-electron chi connectivity index (χ4n) is 4.05. The highest BCUT2D eigenvalue weighted by molar-refractivity contribution is 5.91. The van der Waals surface area contributed by atoms with E-state index in [0.29, 0.717) is 30.4 Å². The van der Waals surface area contributed by atoms with E-state index < -0.39 is 18.1 Å². The fourth-order valence-corrected chi connectivity index (χ4v) is 4.05. The van der Waals surface area contributed by atoms with Crippen LogP contribution in [0.15, 0.2) is 42.5 Å². The Hall–Kier alpha value is -2.24. The number of carbonyl (C=O) groups is 1. The summed E-state index contributed by atoms with van der Waals surface area (Å²) in [7, 11) is 0. The lowest BCUT2D eigenvalue weighted by atomic mass is 10.0. The van der Waals surface area contributed by atoms with Crippen molar-refractivity contribution in [3.05, 3.63) is 65.0 Å². The Morgan fingerprint density at radius 1 is 0.939 bits per heavy atom. The molecule has 2 aromatic carbocycles. The van der Waals surface area contributed by atoms with Crippen molar-refractivity contribution in [3.8, 4) is 5.75 Å². The van der Waals surface area contributed by atoms with Gasteiger partial charge in [0.05, 0.1) is 18.8 Å². The second kappa shape index (κ2) is 13.5. The first-order valence-corrected chi connectivity index (χ1v) is 12.4. The summed E-state index contributed by atoms with van der Waals surface area (Å²) in [5.41, 5.74) is 1.70. The maximum absolute atomic E-state index is 14.7. The minimum Gasteiger partial charge on any atom is -0.423 e. The minimum absolute atomic E-state index is 0.160. The molecule has 3 rings (SSSR count). The first kappa shape index (κ1) is 25.4. The maximum Gasteiger partial charge on any atom is 0.343 e. The summed E-state index contributed by atoms with van der Waals surface area (Å²) in [6.07, 6.45) is 9.82. The van der Waals surface area contributed by atoms with Crippen molar-refractivity contribution < 1.29 is 23.4 Å². The summed E-state index contributed by atoms with van der Waals surface area (Å²) in [6.45, 7) is 5.48. The van der Waals surface area contributed by atoms with Crippen LogP contribution >= 0.6 is 0 Å². The molecule has 1 saturated heterocycles. The number of hydrogen-bond donors (Lipinski definition) is 0. The zero-order chi connectivity index (χ0) is 23.5. The predicted octanol–water partition coefficient (Wildman–Crippen LogP) is 7.41. The van der Waals surface area contributed by atoms with Gasteiger partial charge in [-0.25, -0.2) is 9.18 Å². The number of benzene rings is 2. The summed E-state index contributed by atoms with van der Waals surface area (Å²) >= 11 is 0. The Bertz CT molecular complexity index is 857. The van der Waals surface area contributed by atoms with Gasteiger partial charge in [0.2, 0.25) is 0 Å². The van der Waals surface area contributed by atoms with Crippen LogP contribution in [0.2, 0.25) is 0 Å². The van der Waals surface area contributed by atoms with E-state index in [1.807, 2.05) is 12.1 Å². The first-order valence-electron chi connectivity index (χ1n) is 12.4. The average molecular weight is 457 g/mol. The molecule has 0 aromatic heterocycles. The summed E-state index contributed by atoms with van der Waals surface area (Å²) in [5, 5.41) is 0. The van der Waals surface area contributed by atoms with E-state index in [4.69, 9.17) is 14.2 Å².